The first-order chi connectivity index (χ1) is 7.97. The van der Waals surface area contributed by atoms with E-state index in [0.717, 1.165) is 38.2 Å². The van der Waals surface area contributed by atoms with E-state index in [9.17, 15) is 8.78 Å². The Morgan fingerprint density at radius 3 is 2.18 bits per heavy atom. The first kappa shape index (κ1) is 12.5. The molecule has 2 aliphatic carbocycles. The largest absolute Gasteiger partial charge is 0.279 e. The van der Waals surface area contributed by atoms with Gasteiger partial charge in [0.25, 0.3) is 5.92 Å². The molecule has 0 aliphatic heterocycles. The molecule has 1 atom stereocenters. The predicted molar refractivity (Wildman–Crippen MR) is 67.0 cm³/mol. The molecule has 0 aromatic rings. The molecule has 1 saturated carbocycles. The van der Waals surface area contributed by atoms with E-state index >= 15 is 0 Å². The van der Waals surface area contributed by atoms with Crippen molar-refractivity contribution < 1.29 is 8.78 Å². The molecule has 0 spiro atoms. The van der Waals surface area contributed by atoms with Crippen molar-refractivity contribution in [1.29, 1.82) is 0 Å². The van der Waals surface area contributed by atoms with Crippen molar-refractivity contribution in [2.45, 2.75) is 45.0 Å². The number of hydrogen-bond acceptors (Lipinski definition) is 0. The van der Waals surface area contributed by atoms with E-state index in [0.29, 0.717) is 0 Å². The number of allylic oxidation sites excluding steroid dienone is 5. The average molecular weight is 238 g/mol. The molecule has 1 unspecified atom stereocenters. The van der Waals surface area contributed by atoms with Crippen molar-refractivity contribution in [1.82, 2.24) is 0 Å². The first-order valence-corrected chi connectivity index (χ1v) is 6.36. The summed E-state index contributed by atoms with van der Waals surface area (Å²) in [6, 6.07) is 0. The Morgan fingerprint density at radius 2 is 1.65 bits per heavy atom. The van der Waals surface area contributed by atoms with Crippen LogP contribution in [0.5, 0.6) is 0 Å². The Bertz CT molecular complexity index is 359. The lowest BCUT2D eigenvalue weighted by atomic mass is 9.54. The molecule has 17 heavy (non-hydrogen) atoms. The zero-order valence-electron chi connectivity index (χ0n) is 10.4. The summed E-state index contributed by atoms with van der Waals surface area (Å²) in [4.78, 5) is 0. The van der Waals surface area contributed by atoms with Crippen molar-refractivity contribution in [3.8, 4) is 0 Å². The highest BCUT2D eigenvalue weighted by atomic mass is 19.3. The Hall–Kier alpha value is -0.920. The normalized spacial score (nSPS) is 34.5. The van der Waals surface area contributed by atoms with Gasteiger partial charge in [0.05, 0.1) is 5.41 Å². The molecule has 0 heterocycles. The van der Waals surface area contributed by atoms with E-state index in [-0.39, 0.29) is 5.41 Å². The van der Waals surface area contributed by atoms with Crippen LogP contribution in [0.4, 0.5) is 8.78 Å². The minimum absolute atomic E-state index is 0.377. The molecule has 0 bridgehead atoms. The highest BCUT2D eigenvalue weighted by Crippen LogP contribution is 2.59. The molecule has 0 amide bonds. The molecule has 2 aliphatic rings. The molecular weight excluding hydrogens is 218 g/mol. The Labute approximate surface area is 102 Å². The summed E-state index contributed by atoms with van der Waals surface area (Å²) in [5.41, 5.74) is -1.59. The van der Waals surface area contributed by atoms with Gasteiger partial charge in [-0.25, -0.2) is 8.78 Å². The van der Waals surface area contributed by atoms with Gasteiger partial charge in [-0.1, -0.05) is 50.5 Å². The summed E-state index contributed by atoms with van der Waals surface area (Å²) in [5, 5.41) is 0. The topological polar surface area (TPSA) is 0 Å². The molecule has 0 radical (unpaired) electrons. The van der Waals surface area contributed by atoms with Crippen molar-refractivity contribution in [2.75, 3.05) is 0 Å². The standard InChI is InChI=1S/C15H20F2/c1-3-14(11-7-8-12-15(14,16)17)13(2)9-5-4-6-10-13/h3,7-8,11-12H,1,4-6,9-10H2,2H3. The van der Waals surface area contributed by atoms with Crippen LogP contribution in [0.1, 0.15) is 39.0 Å². The van der Waals surface area contributed by atoms with Gasteiger partial charge in [-0.3, -0.25) is 0 Å². The van der Waals surface area contributed by atoms with E-state index in [1.54, 1.807) is 12.2 Å². The quantitative estimate of drug-likeness (QED) is 0.601. The fourth-order valence-corrected chi connectivity index (χ4v) is 3.43. The van der Waals surface area contributed by atoms with Crippen LogP contribution in [-0.4, -0.2) is 5.92 Å². The second kappa shape index (κ2) is 4.08. The van der Waals surface area contributed by atoms with Crippen LogP contribution < -0.4 is 0 Å². The number of halogens is 2. The minimum atomic E-state index is -2.82. The minimum Gasteiger partial charge on any atom is -0.201 e. The maximum atomic E-state index is 14.3. The Kier molecular flexibility index (Phi) is 3.01. The zero-order chi connectivity index (χ0) is 12.6. The van der Waals surface area contributed by atoms with Crippen LogP contribution in [0.3, 0.4) is 0 Å². The van der Waals surface area contributed by atoms with E-state index < -0.39 is 11.3 Å². The predicted octanol–water partition coefficient (Wildman–Crippen LogP) is 4.89. The lowest BCUT2D eigenvalue weighted by Gasteiger charge is -2.51. The van der Waals surface area contributed by atoms with E-state index in [2.05, 4.69) is 6.58 Å². The molecular formula is C15H20F2. The van der Waals surface area contributed by atoms with Gasteiger partial charge in [0.1, 0.15) is 0 Å². The number of hydrogen-bond donors (Lipinski definition) is 0. The monoisotopic (exact) mass is 238 g/mol. The van der Waals surface area contributed by atoms with Gasteiger partial charge in [-0.2, -0.15) is 0 Å². The third-order valence-electron chi connectivity index (χ3n) is 4.61. The van der Waals surface area contributed by atoms with Crippen LogP contribution in [0.25, 0.3) is 0 Å². The molecule has 0 saturated heterocycles. The van der Waals surface area contributed by atoms with Crippen molar-refractivity contribution in [3.05, 3.63) is 37.0 Å². The SMILES string of the molecule is C=CC1(C2(C)CCCCC2)C=CC=CC1(F)F. The summed E-state index contributed by atoms with van der Waals surface area (Å²) in [6.45, 7) is 5.70. The first-order valence-electron chi connectivity index (χ1n) is 6.36. The van der Waals surface area contributed by atoms with Crippen molar-refractivity contribution in [3.63, 3.8) is 0 Å². The van der Waals surface area contributed by atoms with Crippen LogP contribution >= 0.6 is 0 Å². The third kappa shape index (κ3) is 1.69. The fourth-order valence-electron chi connectivity index (χ4n) is 3.43. The maximum absolute atomic E-state index is 14.3. The Morgan fingerprint density at radius 1 is 1.06 bits per heavy atom. The average Bonchev–Trinajstić information content (AvgIpc) is 2.29. The highest BCUT2D eigenvalue weighted by molar-refractivity contribution is 5.33. The van der Waals surface area contributed by atoms with Gasteiger partial charge >= 0.3 is 0 Å². The summed E-state index contributed by atoms with van der Waals surface area (Å²) in [6.07, 6.45) is 12.3. The molecule has 0 nitrogen and oxygen atoms in total. The zero-order valence-corrected chi connectivity index (χ0v) is 10.4. The smallest absolute Gasteiger partial charge is 0.201 e. The Balaban J connectivity index is 2.46. The van der Waals surface area contributed by atoms with Crippen molar-refractivity contribution in [2.24, 2.45) is 10.8 Å². The van der Waals surface area contributed by atoms with Crippen LogP contribution in [0.2, 0.25) is 0 Å². The molecule has 0 aromatic heterocycles. The van der Waals surface area contributed by atoms with Gasteiger partial charge < -0.3 is 0 Å². The molecule has 94 valence electrons. The second-order valence-electron chi connectivity index (χ2n) is 5.54. The van der Waals surface area contributed by atoms with Gasteiger partial charge in [0, 0.05) is 0 Å². The number of alkyl halides is 2. The van der Waals surface area contributed by atoms with Gasteiger partial charge in [-0.05, 0) is 24.3 Å². The number of rotatable bonds is 2. The summed E-state index contributed by atoms with van der Waals surface area (Å²) < 4.78 is 28.7. The molecule has 2 heteroatoms. The van der Waals surface area contributed by atoms with E-state index in [4.69, 9.17) is 0 Å². The van der Waals surface area contributed by atoms with Crippen LogP contribution in [-0.2, 0) is 0 Å². The van der Waals surface area contributed by atoms with Gasteiger partial charge in [0.15, 0.2) is 0 Å². The van der Waals surface area contributed by atoms with Crippen LogP contribution in [0.15, 0.2) is 37.0 Å². The lowest BCUT2D eigenvalue weighted by molar-refractivity contribution is -0.104. The van der Waals surface area contributed by atoms with E-state index in [1.807, 2.05) is 6.92 Å². The highest BCUT2D eigenvalue weighted by Gasteiger charge is 2.59. The fraction of sp³-hybridized carbons (Fsp3) is 0.600. The summed E-state index contributed by atoms with van der Waals surface area (Å²) >= 11 is 0. The molecule has 1 fully saturated rings. The van der Waals surface area contributed by atoms with Gasteiger partial charge in [-0.15, -0.1) is 6.58 Å². The third-order valence-corrected chi connectivity index (χ3v) is 4.61. The van der Waals surface area contributed by atoms with E-state index in [1.165, 1.54) is 12.2 Å². The lowest BCUT2D eigenvalue weighted by Crippen LogP contribution is -2.51. The summed E-state index contributed by atoms with van der Waals surface area (Å²) in [7, 11) is 0. The van der Waals surface area contributed by atoms with Crippen molar-refractivity contribution >= 4 is 0 Å². The maximum Gasteiger partial charge on any atom is 0.279 e. The molecule has 0 aromatic carbocycles. The molecule has 2 rings (SSSR count). The molecule has 0 N–H and O–H groups in total. The second-order valence-corrected chi connectivity index (χ2v) is 5.54. The van der Waals surface area contributed by atoms with Crippen LogP contribution in [0, 0.1) is 10.8 Å². The summed E-state index contributed by atoms with van der Waals surface area (Å²) in [5.74, 6) is -2.82. The van der Waals surface area contributed by atoms with Gasteiger partial charge in [0.2, 0.25) is 0 Å².